The third-order valence-electron chi connectivity index (χ3n) is 4.01. The summed E-state index contributed by atoms with van der Waals surface area (Å²) in [6.45, 7) is 8.90. The fourth-order valence-corrected chi connectivity index (χ4v) is 2.85. The summed E-state index contributed by atoms with van der Waals surface area (Å²) >= 11 is 0. The van der Waals surface area contributed by atoms with Gasteiger partial charge in [-0.1, -0.05) is 0 Å². The lowest BCUT2D eigenvalue weighted by molar-refractivity contribution is 0.0787. The molecule has 0 saturated carbocycles. The van der Waals surface area contributed by atoms with Crippen LogP contribution < -0.4 is 5.32 Å². The zero-order valence-corrected chi connectivity index (χ0v) is 10.8. The average Bonchev–Trinajstić information content (AvgIpc) is 2.69. The number of nitrogens with zero attached hydrogens (tertiary/aromatic N) is 2. The van der Waals surface area contributed by atoms with Crippen LogP contribution in [-0.4, -0.2) is 75.4 Å². The first-order valence-electron chi connectivity index (χ1n) is 6.38. The zero-order valence-electron chi connectivity index (χ0n) is 10.8. The molecule has 2 heterocycles. The predicted molar refractivity (Wildman–Crippen MR) is 65.7 cm³/mol. The second kappa shape index (κ2) is 5.45. The lowest BCUT2D eigenvalue weighted by Gasteiger charge is -2.39. The van der Waals surface area contributed by atoms with Crippen LogP contribution in [0.5, 0.6) is 0 Å². The van der Waals surface area contributed by atoms with Gasteiger partial charge < -0.3 is 15.0 Å². The highest BCUT2D eigenvalue weighted by Gasteiger charge is 2.31. The molecule has 0 aromatic heterocycles. The van der Waals surface area contributed by atoms with E-state index < -0.39 is 0 Å². The van der Waals surface area contributed by atoms with Gasteiger partial charge in [-0.25, -0.2) is 0 Å². The van der Waals surface area contributed by atoms with E-state index in [0.29, 0.717) is 18.0 Å². The molecule has 16 heavy (non-hydrogen) atoms. The molecule has 0 amide bonds. The van der Waals surface area contributed by atoms with Crippen molar-refractivity contribution in [2.45, 2.75) is 19.0 Å². The third kappa shape index (κ3) is 2.74. The molecule has 0 aliphatic carbocycles. The molecule has 4 heteroatoms. The van der Waals surface area contributed by atoms with Crippen LogP contribution in [0.2, 0.25) is 0 Å². The van der Waals surface area contributed by atoms with Gasteiger partial charge in [0.15, 0.2) is 0 Å². The highest BCUT2D eigenvalue weighted by atomic mass is 16.5. The summed E-state index contributed by atoms with van der Waals surface area (Å²) in [5.41, 5.74) is 0. The van der Waals surface area contributed by atoms with E-state index in [1.165, 1.54) is 26.2 Å². The van der Waals surface area contributed by atoms with Gasteiger partial charge in [0.05, 0.1) is 13.2 Å². The molecule has 4 nitrogen and oxygen atoms in total. The van der Waals surface area contributed by atoms with Gasteiger partial charge in [-0.15, -0.1) is 0 Å². The van der Waals surface area contributed by atoms with Crippen LogP contribution in [0.15, 0.2) is 0 Å². The minimum Gasteiger partial charge on any atom is -0.379 e. The summed E-state index contributed by atoms with van der Waals surface area (Å²) < 4.78 is 5.56. The Hall–Kier alpha value is -0.160. The normalized spacial score (nSPS) is 38.1. The van der Waals surface area contributed by atoms with Gasteiger partial charge in [-0.2, -0.15) is 0 Å². The number of hydrogen-bond acceptors (Lipinski definition) is 4. The molecule has 0 bridgehead atoms. The van der Waals surface area contributed by atoms with Crippen LogP contribution in [0.25, 0.3) is 0 Å². The topological polar surface area (TPSA) is 27.7 Å². The first-order chi connectivity index (χ1) is 7.70. The standard InChI is InChI=1S/C12H25N3O/c1-10-6-14(3)4-5-15(10)7-11-8-16-9-12(11)13-2/h10-13H,4-9H2,1-3H3. The maximum absolute atomic E-state index is 5.56. The number of likely N-dealkylation sites (N-methyl/N-ethyl adjacent to an activating group) is 2. The number of rotatable bonds is 3. The number of piperazine rings is 1. The summed E-state index contributed by atoms with van der Waals surface area (Å²) in [4.78, 5) is 5.03. The maximum atomic E-state index is 5.56. The Labute approximate surface area is 98.9 Å². The van der Waals surface area contributed by atoms with Crippen molar-refractivity contribution in [3.63, 3.8) is 0 Å². The zero-order chi connectivity index (χ0) is 11.5. The molecule has 2 saturated heterocycles. The Morgan fingerprint density at radius 2 is 2.12 bits per heavy atom. The fraction of sp³-hybridized carbons (Fsp3) is 1.00. The Balaban J connectivity index is 1.84. The summed E-state index contributed by atoms with van der Waals surface area (Å²) in [6.07, 6.45) is 0. The molecule has 0 aromatic rings. The van der Waals surface area contributed by atoms with Crippen LogP contribution in [0, 0.1) is 5.92 Å². The number of nitrogens with one attached hydrogen (secondary N) is 1. The second-order valence-electron chi connectivity index (χ2n) is 5.30. The molecule has 0 radical (unpaired) electrons. The van der Waals surface area contributed by atoms with E-state index in [2.05, 4.69) is 29.1 Å². The van der Waals surface area contributed by atoms with Crippen LogP contribution in [0.4, 0.5) is 0 Å². The monoisotopic (exact) mass is 227 g/mol. The van der Waals surface area contributed by atoms with E-state index in [4.69, 9.17) is 4.74 Å². The fourth-order valence-electron chi connectivity index (χ4n) is 2.85. The molecule has 3 atom stereocenters. The van der Waals surface area contributed by atoms with Crippen molar-refractivity contribution >= 4 is 0 Å². The SMILES string of the molecule is CNC1COCC1CN1CCN(C)CC1C. The molecule has 0 aromatic carbocycles. The third-order valence-corrected chi connectivity index (χ3v) is 4.01. The van der Waals surface area contributed by atoms with Crippen LogP contribution in [-0.2, 0) is 4.74 Å². The van der Waals surface area contributed by atoms with E-state index in [0.717, 1.165) is 13.2 Å². The smallest absolute Gasteiger partial charge is 0.0623 e. The molecule has 2 aliphatic rings. The summed E-state index contributed by atoms with van der Waals surface area (Å²) in [5.74, 6) is 0.663. The van der Waals surface area contributed by atoms with Crippen LogP contribution in [0.3, 0.4) is 0 Å². The Morgan fingerprint density at radius 1 is 1.31 bits per heavy atom. The van der Waals surface area contributed by atoms with Crippen molar-refractivity contribution in [2.75, 3.05) is 53.5 Å². The lowest BCUT2D eigenvalue weighted by Crippen LogP contribution is -2.53. The first-order valence-corrected chi connectivity index (χ1v) is 6.38. The first kappa shape index (κ1) is 12.3. The Morgan fingerprint density at radius 3 is 2.81 bits per heavy atom. The number of ether oxygens (including phenoxy) is 1. The van der Waals surface area contributed by atoms with Crippen molar-refractivity contribution in [1.82, 2.24) is 15.1 Å². The summed E-state index contributed by atoms with van der Waals surface area (Å²) in [5, 5.41) is 3.37. The predicted octanol–water partition coefficient (Wildman–Crippen LogP) is -0.143. The molecule has 3 unspecified atom stereocenters. The summed E-state index contributed by atoms with van der Waals surface area (Å²) in [7, 11) is 4.25. The number of hydrogen-bond donors (Lipinski definition) is 1. The van der Waals surface area contributed by atoms with Crippen molar-refractivity contribution in [1.29, 1.82) is 0 Å². The molecule has 1 N–H and O–H groups in total. The molecular formula is C12H25N3O. The van der Waals surface area contributed by atoms with Gasteiger partial charge in [-0.3, -0.25) is 4.90 Å². The van der Waals surface area contributed by atoms with Crippen molar-refractivity contribution < 1.29 is 4.74 Å². The van der Waals surface area contributed by atoms with E-state index in [9.17, 15) is 0 Å². The minimum absolute atomic E-state index is 0.548. The van der Waals surface area contributed by atoms with Crippen LogP contribution in [0.1, 0.15) is 6.92 Å². The average molecular weight is 227 g/mol. The van der Waals surface area contributed by atoms with Gasteiger partial charge >= 0.3 is 0 Å². The molecule has 0 spiro atoms. The van der Waals surface area contributed by atoms with E-state index in [1.54, 1.807) is 0 Å². The minimum atomic E-state index is 0.548. The van der Waals surface area contributed by atoms with Gasteiger partial charge in [0.2, 0.25) is 0 Å². The van der Waals surface area contributed by atoms with Gasteiger partial charge in [-0.05, 0) is 21.0 Å². The maximum Gasteiger partial charge on any atom is 0.0623 e. The second-order valence-corrected chi connectivity index (χ2v) is 5.30. The lowest BCUT2D eigenvalue weighted by atomic mass is 10.0. The largest absolute Gasteiger partial charge is 0.379 e. The van der Waals surface area contributed by atoms with E-state index in [-0.39, 0.29) is 0 Å². The van der Waals surface area contributed by atoms with Crippen molar-refractivity contribution in [3.8, 4) is 0 Å². The summed E-state index contributed by atoms with van der Waals surface area (Å²) in [6, 6.07) is 1.23. The van der Waals surface area contributed by atoms with Gasteiger partial charge in [0, 0.05) is 44.2 Å². The molecule has 2 rings (SSSR count). The highest BCUT2D eigenvalue weighted by molar-refractivity contribution is 4.86. The molecule has 94 valence electrons. The van der Waals surface area contributed by atoms with Gasteiger partial charge in [0.1, 0.15) is 0 Å². The van der Waals surface area contributed by atoms with Crippen LogP contribution >= 0.6 is 0 Å². The van der Waals surface area contributed by atoms with Gasteiger partial charge in [0.25, 0.3) is 0 Å². The van der Waals surface area contributed by atoms with E-state index in [1.807, 2.05) is 7.05 Å². The van der Waals surface area contributed by atoms with E-state index >= 15 is 0 Å². The Kier molecular flexibility index (Phi) is 4.19. The van der Waals surface area contributed by atoms with Crippen molar-refractivity contribution in [2.24, 2.45) is 5.92 Å². The molecule has 2 aliphatic heterocycles. The highest BCUT2D eigenvalue weighted by Crippen LogP contribution is 2.18. The van der Waals surface area contributed by atoms with Crippen molar-refractivity contribution in [3.05, 3.63) is 0 Å². The molecular weight excluding hydrogens is 202 g/mol. The quantitative estimate of drug-likeness (QED) is 0.726. The molecule has 2 fully saturated rings. The Bertz CT molecular complexity index is 224.